The minimum atomic E-state index is -1.18. The summed E-state index contributed by atoms with van der Waals surface area (Å²) in [5.74, 6) is 0.250. The van der Waals surface area contributed by atoms with E-state index in [2.05, 4.69) is 19.6 Å². The summed E-state index contributed by atoms with van der Waals surface area (Å²) in [5.41, 5.74) is 1.00. The molecule has 118 valence electrons. The highest BCUT2D eigenvalue weighted by Gasteiger charge is 2.19. The lowest BCUT2D eigenvalue weighted by molar-refractivity contribution is 0.104. The van der Waals surface area contributed by atoms with Crippen LogP contribution in [0.5, 0.6) is 5.75 Å². The van der Waals surface area contributed by atoms with E-state index >= 15 is 0 Å². The van der Waals surface area contributed by atoms with Crippen LogP contribution >= 0.6 is 0 Å². The number of phenolic OH excluding ortho intramolecular Hbond substituents is 1. The molecule has 21 heavy (non-hydrogen) atoms. The van der Waals surface area contributed by atoms with E-state index in [1.165, 1.54) is 0 Å². The quantitative estimate of drug-likeness (QED) is 0.815. The van der Waals surface area contributed by atoms with Crippen molar-refractivity contribution in [2.24, 2.45) is 0 Å². The van der Waals surface area contributed by atoms with Gasteiger partial charge in [0.2, 0.25) is 0 Å². The predicted molar refractivity (Wildman–Crippen MR) is 88.5 cm³/mol. The molecule has 0 unspecified atom stereocenters. The first-order chi connectivity index (χ1) is 9.69. The highest BCUT2D eigenvalue weighted by molar-refractivity contribution is 6.76. The summed E-state index contributed by atoms with van der Waals surface area (Å²) in [5, 5.41) is 9.46. The van der Waals surface area contributed by atoms with Gasteiger partial charge in [-0.3, -0.25) is 0 Å². The number of likely N-dealkylation sites (N-methyl/N-ethyl adjacent to an activating group) is 1. The molecule has 1 rings (SSSR count). The lowest BCUT2D eigenvalue weighted by Gasteiger charge is -2.25. The Bertz CT molecular complexity index is 471. The van der Waals surface area contributed by atoms with Gasteiger partial charge in [-0.05, 0) is 37.1 Å². The van der Waals surface area contributed by atoms with Gasteiger partial charge in [-0.25, -0.2) is 4.79 Å². The smallest absolute Gasteiger partial charge is 0.409 e. The third-order valence-corrected chi connectivity index (χ3v) is 5.17. The molecule has 0 aromatic heterocycles. The van der Waals surface area contributed by atoms with Crippen molar-refractivity contribution in [3.8, 4) is 5.75 Å². The summed E-state index contributed by atoms with van der Waals surface area (Å²) < 4.78 is 5.33. The number of carbonyl (C=O) groups excluding carboxylic acids is 1. The van der Waals surface area contributed by atoms with Gasteiger partial charge in [-0.15, -0.1) is 0 Å². The first kappa shape index (κ1) is 17.6. The van der Waals surface area contributed by atoms with E-state index in [4.69, 9.17) is 4.74 Å². The minimum Gasteiger partial charge on any atom is -0.508 e. The SMILES string of the molecule is C[C@@H](Cc1cccc(O)c1)N(C)C(=O)OCC[Si](C)(C)C. The van der Waals surface area contributed by atoms with Gasteiger partial charge < -0.3 is 14.7 Å². The first-order valence-electron chi connectivity index (χ1n) is 7.36. The summed E-state index contributed by atoms with van der Waals surface area (Å²) in [6.07, 6.45) is 0.412. The van der Waals surface area contributed by atoms with Crippen molar-refractivity contribution in [1.82, 2.24) is 4.90 Å². The Morgan fingerprint density at radius 2 is 2.05 bits per heavy atom. The lowest BCUT2D eigenvalue weighted by atomic mass is 10.1. The Morgan fingerprint density at radius 3 is 2.62 bits per heavy atom. The van der Waals surface area contributed by atoms with Crippen molar-refractivity contribution in [2.45, 2.75) is 45.1 Å². The fourth-order valence-corrected chi connectivity index (χ4v) is 2.60. The first-order valence-corrected chi connectivity index (χ1v) is 11.1. The Morgan fingerprint density at radius 1 is 1.38 bits per heavy atom. The molecule has 1 N–H and O–H groups in total. The Labute approximate surface area is 128 Å². The molecule has 1 amide bonds. The fraction of sp³-hybridized carbons (Fsp3) is 0.562. The normalized spacial score (nSPS) is 12.8. The third kappa shape index (κ3) is 6.66. The van der Waals surface area contributed by atoms with Gasteiger partial charge in [0.05, 0.1) is 6.61 Å². The molecule has 0 heterocycles. The van der Waals surface area contributed by atoms with E-state index in [1.807, 2.05) is 19.1 Å². The number of amides is 1. The number of carbonyl (C=O) groups is 1. The van der Waals surface area contributed by atoms with Crippen LogP contribution in [0.2, 0.25) is 25.7 Å². The molecular formula is C16H27NO3Si. The molecule has 1 aromatic rings. The van der Waals surface area contributed by atoms with E-state index in [0.29, 0.717) is 13.0 Å². The van der Waals surface area contributed by atoms with Crippen LogP contribution in [0.15, 0.2) is 24.3 Å². The number of aromatic hydroxyl groups is 1. The van der Waals surface area contributed by atoms with Crippen LogP contribution in [0.4, 0.5) is 4.79 Å². The van der Waals surface area contributed by atoms with Crippen molar-refractivity contribution in [2.75, 3.05) is 13.7 Å². The number of hydrogen-bond acceptors (Lipinski definition) is 3. The van der Waals surface area contributed by atoms with E-state index in [0.717, 1.165) is 11.6 Å². The van der Waals surface area contributed by atoms with E-state index in [1.54, 1.807) is 24.1 Å². The second kappa shape index (κ2) is 7.50. The molecule has 1 atom stereocenters. The maximum absolute atomic E-state index is 12.0. The number of rotatable bonds is 6. The molecule has 0 saturated carbocycles. The van der Waals surface area contributed by atoms with Crippen LogP contribution in [-0.4, -0.2) is 43.9 Å². The predicted octanol–water partition coefficient (Wildman–Crippen LogP) is 3.73. The molecule has 0 aliphatic heterocycles. The van der Waals surface area contributed by atoms with Crippen LogP contribution in [0, 0.1) is 0 Å². The summed E-state index contributed by atoms with van der Waals surface area (Å²) in [7, 11) is 0.577. The van der Waals surface area contributed by atoms with Crippen LogP contribution in [-0.2, 0) is 11.2 Å². The van der Waals surface area contributed by atoms with Gasteiger partial charge in [0, 0.05) is 21.2 Å². The van der Waals surface area contributed by atoms with Gasteiger partial charge in [0.1, 0.15) is 5.75 Å². The summed E-state index contributed by atoms with van der Waals surface area (Å²) in [6, 6.07) is 8.12. The highest BCUT2D eigenvalue weighted by Crippen LogP contribution is 2.15. The zero-order chi connectivity index (χ0) is 16.0. The second-order valence-corrected chi connectivity index (χ2v) is 12.4. The molecule has 0 fully saturated rings. The van der Waals surface area contributed by atoms with Gasteiger partial charge >= 0.3 is 6.09 Å². The highest BCUT2D eigenvalue weighted by atomic mass is 28.3. The van der Waals surface area contributed by atoms with Crippen molar-refractivity contribution in [3.63, 3.8) is 0 Å². The maximum Gasteiger partial charge on any atom is 0.409 e. The molecule has 0 aliphatic rings. The average molecular weight is 309 g/mol. The van der Waals surface area contributed by atoms with E-state index in [-0.39, 0.29) is 17.9 Å². The average Bonchev–Trinajstić information content (AvgIpc) is 2.36. The topological polar surface area (TPSA) is 49.8 Å². The molecule has 0 bridgehead atoms. The van der Waals surface area contributed by atoms with Crippen molar-refractivity contribution in [3.05, 3.63) is 29.8 Å². The standard InChI is InChI=1S/C16H27NO3Si/c1-13(11-14-7-6-8-15(18)12-14)17(2)16(19)20-9-10-21(3,4)5/h6-8,12-13,18H,9-11H2,1-5H3/t13-/m0/s1. The molecule has 5 heteroatoms. The molecule has 0 aliphatic carbocycles. The second-order valence-electron chi connectivity index (χ2n) is 6.76. The molecule has 4 nitrogen and oxygen atoms in total. The minimum absolute atomic E-state index is 0.0196. The van der Waals surface area contributed by atoms with Gasteiger partial charge in [-0.2, -0.15) is 0 Å². The van der Waals surface area contributed by atoms with Crippen molar-refractivity contribution >= 4 is 14.2 Å². The van der Waals surface area contributed by atoms with Crippen LogP contribution < -0.4 is 0 Å². The lowest BCUT2D eigenvalue weighted by Crippen LogP contribution is -2.37. The van der Waals surface area contributed by atoms with Crippen LogP contribution in [0.1, 0.15) is 12.5 Å². The number of hydrogen-bond donors (Lipinski definition) is 1. The van der Waals surface area contributed by atoms with E-state index in [9.17, 15) is 9.90 Å². The Balaban J connectivity index is 2.46. The molecule has 0 radical (unpaired) electrons. The zero-order valence-corrected chi connectivity index (χ0v) is 14.7. The van der Waals surface area contributed by atoms with Gasteiger partial charge in [0.15, 0.2) is 0 Å². The summed E-state index contributed by atoms with van der Waals surface area (Å²) in [4.78, 5) is 13.6. The maximum atomic E-state index is 12.0. The molecule has 0 saturated heterocycles. The monoisotopic (exact) mass is 309 g/mol. The van der Waals surface area contributed by atoms with Crippen molar-refractivity contribution in [1.29, 1.82) is 0 Å². The number of ether oxygens (including phenoxy) is 1. The largest absolute Gasteiger partial charge is 0.508 e. The summed E-state index contributed by atoms with van der Waals surface area (Å²) >= 11 is 0. The van der Waals surface area contributed by atoms with Crippen LogP contribution in [0.25, 0.3) is 0 Å². The number of benzene rings is 1. The molecule has 0 spiro atoms. The van der Waals surface area contributed by atoms with Crippen LogP contribution in [0.3, 0.4) is 0 Å². The van der Waals surface area contributed by atoms with E-state index < -0.39 is 8.07 Å². The zero-order valence-electron chi connectivity index (χ0n) is 13.7. The fourth-order valence-electron chi connectivity index (χ4n) is 1.89. The number of phenols is 1. The number of nitrogens with zero attached hydrogens (tertiary/aromatic N) is 1. The third-order valence-electron chi connectivity index (χ3n) is 3.47. The molecule has 1 aromatic carbocycles. The van der Waals surface area contributed by atoms with Gasteiger partial charge in [-0.1, -0.05) is 31.8 Å². The summed E-state index contributed by atoms with van der Waals surface area (Å²) in [6.45, 7) is 9.25. The van der Waals surface area contributed by atoms with Gasteiger partial charge in [0.25, 0.3) is 0 Å². The Kier molecular flexibility index (Phi) is 6.27. The molecular weight excluding hydrogens is 282 g/mol. The Hall–Kier alpha value is -1.49. The van der Waals surface area contributed by atoms with Crippen molar-refractivity contribution < 1.29 is 14.6 Å².